The molecule has 0 N–H and O–H groups in total. The third kappa shape index (κ3) is 1.17. The van der Waals surface area contributed by atoms with Crippen LogP contribution >= 0.6 is 0 Å². The number of aromatic nitrogens is 1. The van der Waals surface area contributed by atoms with Crippen molar-refractivity contribution in [2.45, 2.75) is 45.6 Å². The van der Waals surface area contributed by atoms with Gasteiger partial charge >= 0.3 is 0 Å². The van der Waals surface area contributed by atoms with Crippen LogP contribution in [0.15, 0.2) is 12.3 Å². The quantitative estimate of drug-likeness (QED) is 0.599. The molecule has 0 spiro atoms. The van der Waals surface area contributed by atoms with Gasteiger partial charge in [-0.15, -0.1) is 0 Å². The van der Waals surface area contributed by atoms with Crippen LogP contribution in [0.1, 0.15) is 43.0 Å². The van der Waals surface area contributed by atoms with Crippen molar-refractivity contribution in [3.8, 4) is 0 Å². The summed E-state index contributed by atoms with van der Waals surface area (Å²) in [7, 11) is 0. The van der Waals surface area contributed by atoms with Crippen molar-refractivity contribution in [2.75, 3.05) is 0 Å². The van der Waals surface area contributed by atoms with Crippen molar-refractivity contribution >= 4 is 0 Å². The molecule has 0 amide bonds. The highest BCUT2D eigenvalue weighted by Crippen LogP contribution is 2.31. The Bertz CT molecular complexity index is 267. The molecule has 0 saturated heterocycles. The minimum atomic E-state index is 0.804. The van der Waals surface area contributed by atoms with Crippen LogP contribution in [0.4, 0.5) is 0 Å². The van der Waals surface area contributed by atoms with Crippen molar-refractivity contribution < 1.29 is 0 Å². The van der Waals surface area contributed by atoms with E-state index in [0.717, 1.165) is 6.04 Å². The molecule has 0 unspecified atom stereocenters. The van der Waals surface area contributed by atoms with Gasteiger partial charge in [0.15, 0.2) is 0 Å². The summed E-state index contributed by atoms with van der Waals surface area (Å²) >= 11 is 0. The highest BCUT2D eigenvalue weighted by atomic mass is 15.0. The molecular formula is C11H17N. The first-order valence-electron chi connectivity index (χ1n) is 4.93. The predicted octanol–water partition coefficient (Wildman–Crippen LogP) is 3.22. The third-order valence-corrected chi connectivity index (χ3v) is 3.16. The van der Waals surface area contributed by atoms with Crippen molar-refractivity contribution in [3.63, 3.8) is 0 Å². The third-order valence-electron chi connectivity index (χ3n) is 3.16. The summed E-state index contributed by atoms with van der Waals surface area (Å²) in [6.07, 6.45) is 7.85. The van der Waals surface area contributed by atoms with Gasteiger partial charge in [-0.2, -0.15) is 0 Å². The van der Waals surface area contributed by atoms with E-state index in [4.69, 9.17) is 0 Å². The second kappa shape index (κ2) is 2.96. The molecule has 12 heavy (non-hydrogen) atoms. The Labute approximate surface area is 74.4 Å². The summed E-state index contributed by atoms with van der Waals surface area (Å²) in [5, 5.41) is 0. The lowest BCUT2D eigenvalue weighted by Gasteiger charge is -2.14. The van der Waals surface area contributed by atoms with Crippen LogP contribution in [0.2, 0.25) is 0 Å². The first kappa shape index (κ1) is 7.90. The predicted molar refractivity (Wildman–Crippen MR) is 51.4 cm³/mol. The van der Waals surface area contributed by atoms with Gasteiger partial charge < -0.3 is 4.57 Å². The van der Waals surface area contributed by atoms with Crippen LogP contribution in [0.5, 0.6) is 0 Å². The van der Waals surface area contributed by atoms with E-state index in [9.17, 15) is 0 Å². The van der Waals surface area contributed by atoms with Crippen LogP contribution in [0.3, 0.4) is 0 Å². The molecule has 1 saturated carbocycles. The molecule has 1 aromatic heterocycles. The fraction of sp³-hybridized carbons (Fsp3) is 0.636. The van der Waals surface area contributed by atoms with Crippen molar-refractivity contribution in [1.29, 1.82) is 0 Å². The molecule has 1 nitrogen and oxygen atoms in total. The minimum absolute atomic E-state index is 0.804. The summed E-state index contributed by atoms with van der Waals surface area (Å²) in [6.45, 7) is 4.43. The Morgan fingerprint density at radius 1 is 1.25 bits per heavy atom. The van der Waals surface area contributed by atoms with E-state index >= 15 is 0 Å². The lowest BCUT2D eigenvalue weighted by atomic mass is 10.2. The van der Waals surface area contributed by atoms with E-state index in [1.807, 2.05) is 0 Å². The fourth-order valence-corrected chi connectivity index (χ4v) is 2.21. The Morgan fingerprint density at radius 2 is 1.92 bits per heavy atom. The highest BCUT2D eigenvalue weighted by Gasteiger charge is 2.17. The van der Waals surface area contributed by atoms with Crippen LogP contribution < -0.4 is 0 Å². The van der Waals surface area contributed by atoms with Crippen molar-refractivity contribution in [2.24, 2.45) is 0 Å². The second-order valence-corrected chi connectivity index (χ2v) is 3.93. The van der Waals surface area contributed by atoms with Crippen LogP contribution in [0, 0.1) is 13.8 Å². The Hall–Kier alpha value is -0.720. The van der Waals surface area contributed by atoms with Gasteiger partial charge in [-0.3, -0.25) is 0 Å². The van der Waals surface area contributed by atoms with Crippen molar-refractivity contribution in [1.82, 2.24) is 4.57 Å². The minimum Gasteiger partial charge on any atom is -0.348 e. The van der Waals surface area contributed by atoms with Gasteiger partial charge in [0.25, 0.3) is 0 Å². The molecule has 1 fully saturated rings. The maximum Gasteiger partial charge on any atom is 0.0333 e. The van der Waals surface area contributed by atoms with Gasteiger partial charge in [-0.05, 0) is 38.3 Å². The van der Waals surface area contributed by atoms with Crippen molar-refractivity contribution in [3.05, 3.63) is 23.5 Å². The molecule has 1 aromatic rings. The van der Waals surface area contributed by atoms with Gasteiger partial charge in [-0.25, -0.2) is 0 Å². The lowest BCUT2D eigenvalue weighted by Crippen LogP contribution is -2.04. The summed E-state index contributed by atoms with van der Waals surface area (Å²) in [5.74, 6) is 0. The smallest absolute Gasteiger partial charge is 0.0333 e. The molecule has 0 atom stereocenters. The number of rotatable bonds is 1. The number of hydrogen-bond donors (Lipinski definition) is 0. The molecule has 1 aliphatic rings. The lowest BCUT2D eigenvalue weighted by molar-refractivity contribution is 0.510. The number of hydrogen-bond acceptors (Lipinski definition) is 0. The van der Waals surface area contributed by atoms with E-state index in [1.54, 1.807) is 0 Å². The molecule has 66 valence electrons. The average Bonchev–Trinajstić information content (AvgIpc) is 2.64. The average molecular weight is 163 g/mol. The van der Waals surface area contributed by atoms with E-state index in [-0.39, 0.29) is 0 Å². The second-order valence-electron chi connectivity index (χ2n) is 3.93. The number of nitrogens with zero attached hydrogens (tertiary/aromatic N) is 1. The van der Waals surface area contributed by atoms with E-state index < -0.39 is 0 Å². The Balaban J connectivity index is 2.26. The first-order chi connectivity index (χ1) is 5.79. The zero-order valence-corrected chi connectivity index (χ0v) is 8.01. The topological polar surface area (TPSA) is 4.93 Å². The first-order valence-corrected chi connectivity index (χ1v) is 4.93. The molecule has 0 aliphatic heterocycles. The van der Waals surface area contributed by atoms with Gasteiger partial charge in [0.05, 0.1) is 0 Å². The molecule has 1 aliphatic carbocycles. The molecule has 1 heterocycles. The summed E-state index contributed by atoms with van der Waals surface area (Å²) < 4.78 is 2.46. The molecule has 2 rings (SSSR count). The zero-order chi connectivity index (χ0) is 8.55. The normalized spacial score (nSPS) is 18.8. The highest BCUT2D eigenvalue weighted by molar-refractivity contribution is 5.19. The van der Waals surface area contributed by atoms with Gasteiger partial charge in [-0.1, -0.05) is 12.8 Å². The van der Waals surface area contributed by atoms with Crippen LogP contribution in [0.25, 0.3) is 0 Å². The van der Waals surface area contributed by atoms with E-state index in [1.165, 1.54) is 36.9 Å². The standard InChI is InChI=1S/C11H17N/c1-9-7-8-12(10(9)2)11-5-3-4-6-11/h7-8,11H,3-6H2,1-2H3. The molecule has 0 aromatic carbocycles. The van der Waals surface area contributed by atoms with Gasteiger partial charge in [0, 0.05) is 17.9 Å². The molecule has 1 heteroatoms. The summed E-state index contributed by atoms with van der Waals surface area (Å²) in [6, 6.07) is 3.03. The Kier molecular flexibility index (Phi) is 1.95. The summed E-state index contributed by atoms with van der Waals surface area (Å²) in [5.41, 5.74) is 2.89. The molecule has 0 radical (unpaired) electrons. The maximum atomic E-state index is 2.46. The number of aryl methyl sites for hydroxylation is 1. The molecular weight excluding hydrogens is 146 g/mol. The van der Waals surface area contributed by atoms with E-state index in [0.29, 0.717) is 0 Å². The van der Waals surface area contributed by atoms with Crippen LogP contribution in [-0.4, -0.2) is 4.57 Å². The van der Waals surface area contributed by atoms with E-state index in [2.05, 4.69) is 30.7 Å². The largest absolute Gasteiger partial charge is 0.348 e. The fourth-order valence-electron chi connectivity index (χ4n) is 2.21. The molecule has 0 bridgehead atoms. The monoisotopic (exact) mass is 163 g/mol. The van der Waals surface area contributed by atoms with Gasteiger partial charge in [0.1, 0.15) is 0 Å². The van der Waals surface area contributed by atoms with Gasteiger partial charge in [0.2, 0.25) is 0 Å². The Morgan fingerprint density at radius 3 is 2.42 bits per heavy atom. The van der Waals surface area contributed by atoms with Crippen LogP contribution in [-0.2, 0) is 0 Å². The SMILES string of the molecule is Cc1ccn(C2CCCC2)c1C. The summed E-state index contributed by atoms with van der Waals surface area (Å²) in [4.78, 5) is 0. The maximum absolute atomic E-state index is 2.46. The zero-order valence-electron chi connectivity index (χ0n) is 8.01.